The number of ether oxygens (including phenoxy) is 1. The molecule has 41 heavy (non-hydrogen) atoms. The lowest BCUT2D eigenvalue weighted by atomic mass is 9.94. The Hall–Kier alpha value is -2.75. The first-order valence-corrected chi connectivity index (χ1v) is 15.2. The molecule has 1 saturated carbocycles. The van der Waals surface area contributed by atoms with Crippen molar-refractivity contribution in [2.24, 2.45) is 0 Å². The molecular weight excluding hydrogens is 530 g/mol. The minimum absolute atomic E-state index is 0.00409. The highest BCUT2D eigenvalue weighted by atomic mass is 19.3. The highest BCUT2D eigenvalue weighted by Crippen LogP contribution is 2.54. The summed E-state index contributed by atoms with van der Waals surface area (Å²) in [5.74, 6) is 0.00913. The third-order valence-electron chi connectivity index (χ3n) is 9.15. The fourth-order valence-corrected chi connectivity index (χ4v) is 7.09. The summed E-state index contributed by atoms with van der Waals surface area (Å²) in [4.78, 5) is 44.8. The maximum Gasteiger partial charge on any atom is 0.408 e. The number of likely N-dealkylation sites (tertiary alicyclic amines) is 1. The van der Waals surface area contributed by atoms with Gasteiger partial charge in [-0.2, -0.15) is 0 Å². The molecule has 10 heteroatoms. The van der Waals surface area contributed by atoms with E-state index >= 15 is 0 Å². The lowest BCUT2D eigenvalue weighted by Crippen LogP contribution is -2.59. The number of benzene rings is 1. The molecule has 3 aliphatic heterocycles. The van der Waals surface area contributed by atoms with Crippen molar-refractivity contribution in [3.63, 3.8) is 0 Å². The number of carbonyl (C=O) groups is 3. The predicted octanol–water partition coefficient (Wildman–Crippen LogP) is 4.59. The normalized spacial score (nSPS) is 29.3. The number of hydrogen-bond acceptors (Lipinski definition) is 5. The van der Waals surface area contributed by atoms with Crippen LogP contribution in [0.25, 0.3) is 0 Å². The van der Waals surface area contributed by atoms with Crippen LogP contribution in [-0.2, 0) is 14.3 Å². The van der Waals surface area contributed by atoms with Gasteiger partial charge in [-0.15, -0.1) is 0 Å². The molecule has 1 aromatic rings. The molecule has 5 rings (SSSR count). The molecule has 226 valence electrons. The fraction of sp³-hybridized carbons (Fsp3) is 0.710. The molecule has 0 aromatic heterocycles. The largest absolute Gasteiger partial charge is 0.444 e. The zero-order valence-corrected chi connectivity index (χ0v) is 24.4. The lowest BCUT2D eigenvalue weighted by molar-refractivity contribution is -0.148. The Morgan fingerprint density at radius 1 is 1.10 bits per heavy atom. The monoisotopic (exact) mass is 574 g/mol. The second-order valence-corrected chi connectivity index (χ2v) is 13.3. The third-order valence-corrected chi connectivity index (χ3v) is 9.15. The van der Waals surface area contributed by atoms with Gasteiger partial charge in [-0.05, 0) is 77.7 Å². The first-order valence-electron chi connectivity index (χ1n) is 15.2. The quantitative estimate of drug-likeness (QED) is 0.498. The zero-order valence-electron chi connectivity index (χ0n) is 24.4. The van der Waals surface area contributed by atoms with Crippen molar-refractivity contribution in [3.8, 4) is 0 Å². The van der Waals surface area contributed by atoms with Crippen molar-refractivity contribution < 1.29 is 27.9 Å². The van der Waals surface area contributed by atoms with Gasteiger partial charge in [-0.3, -0.25) is 9.59 Å². The third kappa shape index (κ3) is 6.84. The lowest BCUT2D eigenvalue weighted by Gasteiger charge is -2.39. The van der Waals surface area contributed by atoms with Crippen LogP contribution in [0.4, 0.5) is 13.6 Å². The minimum atomic E-state index is -2.39. The predicted molar refractivity (Wildman–Crippen MR) is 151 cm³/mol. The van der Waals surface area contributed by atoms with E-state index in [1.807, 2.05) is 23.1 Å². The van der Waals surface area contributed by atoms with Crippen molar-refractivity contribution in [2.45, 2.75) is 126 Å². The average Bonchev–Trinajstić information content (AvgIpc) is 3.39. The fourth-order valence-electron chi connectivity index (χ4n) is 7.09. The Morgan fingerprint density at radius 2 is 1.83 bits per heavy atom. The molecule has 1 aliphatic carbocycles. The molecule has 1 aromatic carbocycles. The number of amides is 3. The van der Waals surface area contributed by atoms with Crippen LogP contribution >= 0.6 is 0 Å². The first kappa shape index (κ1) is 29.7. The number of fused-ring (bicyclic) bond motifs is 1. The van der Waals surface area contributed by atoms with Crippen molar-refractivity contribution in [3.05, 3.63) is 35.9 Å². The maximum atomic E-state index is 14.2. The Kier molecular flexibility index (Phi) is 8.60. The summed E-state index contributed by atoms with van der Waals surface area (Å²) in [6.45, 7) is 6.09. The molecule has 4 aliphatic rings. The Morgan fingerprint density at radius 3 is 2.49 bits per heavy atom. The zero-order chi connectivity index (χ0) is 29.4. The van der Waals surface area contributed by atoms with E-state index in [0.29, 0.717) is 38.6 Å². The molecule has 0 radical (unpaired) electrons. The highest BCUT2D eigenvalue weighted by Gasteiger charge is 2.58. The van der Waals surface area contributed by atoms with Crippen LogP contribution in [0.3, 0.4) is 0 Å². The summed E-state index contributed by atoms with van der Waals surface area (Å²) in [7, 11) is 0. The summed E-state index contributed by atoms with van der Waals surface area (Å²) in [6, 6.07) is 8.55. The summed E-state index contributed by atoms with van der Waals surface area (Å²) >= 11 is 0. The average molecular weight is 575 g/mol. The van der Waals surface area contributed by atoms with E-state index in [4.69, 9.17) is 4.74 Å². The summed E-state index contributed by atoms with van der Waals surface area (Å²) in [5, 5.41) is 6.01. The summed E-state index contributed by atoms with van der Waals surface area (Å²) in [6.07, 6.45) is 2.27. The van der Waals surface area contributed by atoms with Crippen LogP contribution < -0.4 is 10.6 Å². The summed E-state index contributed by atoms with van der Waals surface area (Å²) in [5.41, 5.74) is 0.376. The molecule has 1 spiro atoms. The van der Waals surface area contributed by atoms with Crippen molar-refractivity contribution in [1.82, 2.24) is 20.4 Å². The number of hydrogen-bond donors (Lipinski definition) is 2. The smallest absolute Gasteiger partial charge is 0.408 e. The number of alkyl halides is 2. The van der Waals surface area contributed by atoms with Gasteiger partial charge in [0.25, 0.3) is 0 Å². The molecule has 0 unspecified atom stereocenters. The van der Waals surface area contributed by atoms with Crippen LogP contribution in [0.1, 0.15) is 90.0 Å². The van der Waals surface area contributed by atoms with Crippen LogP contribution in [-0.4, -0.2) is 82.5 Å². The van der Waals surface area contributed by atoms with Gasteiger partial charge >= 0.3 is 6.09 Å². The van der Waals surface area contributed by atoms with Gasteiger partial charge < -0.3 is 25.2 Å². The van der Waals surface area contributed by atoms with E-state index in [2.05, 4.69) is 22.8 Å². The highest BCUT2D eigenvalue weighted by molar-refractivity contribution is 5.93. The van der Waals surface area contributed by atoms with E-state index in [0.717, 1.165) is 19.3 Å². The van der Waals surface area contributed by atoms with Crippen LogP contribution in [0.15, 0.2) is 30.3 Å². The van der Waals surface area contributed by atoms with E-state index in [-0.39, 0.29) is 48.3 Å². The number of carbonyl (C=O) groups excluding carboxylic acids is 3. The minimum Gasteiger partial charge on any atom is -0.444 e. The van der Waals surface area contributed by atoms with Crippen LogP contribution in [0.5, 0.6) is 0 Å². The summed E-state index contributed by atoms with van der Waals surface area (Å²) < 4.78 is 31.1. The molecule has 3 saturated heterocycles. The van der Waals surface area contributed by atoms with E-state index < -0.39 is 30.2 Å². The molecule has 8 nitrogen and oxygen atoms in total. The van der Waals surface area contributed by atoms with E-state index in [1.54, 1.807) is 25.7 Å². The van der Waals surface area contributed by atoms with Crippen LogP contribution in [0.2, 0.25) is 0 Å². The van der Waals surface area contributed by atoms with Gasteiger partial charge in [0.15, 0.2) is 0 Å². The molecule has 4 fully saturated rings. The second kappa shape index (κ2) is 11.9. The van der Waals surface area contributed by atoms with Crippen LogP contribution in [0, 0.1) is 0 Å². The van der Waals surface area contributed by atoms with Gasteiger partial charge in [-0.1, -0.05) is 30.3 Å². The molecule has 0 bridgehead atoms. The van der Waals surface area contributed by atoms with Crippen molar-refractivity contribution in [2.75, 3.05) is 13.1 Å². The van der Waals surface area contributed by atoms with Crippen molar-refractivity contribution in [1.29, 1.82) is 0 Å². The van der Waals surface area contributed by atoms with E-state index in [9.17, 15) is 23.2 Å². The van der Waals surface area contributed by atoms with Gasteiger partial charge in [0.05, 0.1) is 0 Å². The van der Waals surface area contributed by atoms with Crippen molar-refractivity contribution >= 4 is 17.9 Å². The molecule has 3 amide bonds. The van der Waals surface area contributed by atoms with Gasteiger partial charge in [0, 0.05) is 43.1 Å². The number of alkyl carbamates (subject to hydrolysis) is 1. The molecule has 3 heterocycles. The van der Waals surface area contributed by atoms with Gasteiger partial charge in [0.2, 0.25) is 18.2 Å². The maximum absolute atomic E-state index is 14.2. The SMILES string of the molecule is CC(C)(C)OC(=O)N[C@H]1CC[C@H](NCCC(F)F)C[C@H]2CC[C@@H](C(=O)N3C[C@@H](c4ccccc4)CC34CC4)N2C1=O. The first-order chi connectivity index (χ1) is 19.5. The Bertz CT molecular complexity index is 1110. The molecule has 5 atom stereocenters. The molecular formula is C31H44F2N4O4. The standard InChI is InChI=1S/C31H44F2N4O4/c1-30(2,3)41-29(40)35-24-11-9-22(34-16-13-26(32)33)17-23-10-12-25(37(23)27(24)38)28(39)36-19-21(18-31(36)14-15-31)20-7-5-4-6-8-20/h4-8,21-26,34H,9-19H2,1-3H3,(H,35,40)/t21-,22-,23+,24-,25-/m0/s1. The number of nitrogens with one attached hydrogen (secondary N) is 2. The molecule has 2 N–H and O–H groups in total. The second-order valence-electron chi connectivity index (χ2n) is 13.3. The topological polar surface area (TPSA) is 91.0 Å². The van der Waals surface area contributed by atoms with E-state index in [1.165, 1.54) is 5.56 Å². The number of nitrogens with zero attached hydrogens (tertiary/aromatic N) is 2. The number of halogens is 2. The number of rotatable bonds is 7. The van der Waals surface area contributed by atoms with Gasteiger partial charge in [-0.25, -0.2) is 13.6 Å². The Balaban J connectivity index is 1.35. The van der Waals surface area contributed by atoms with Gasteiger partial charge in [0.1, 0.15) is 17.7 Å². The Labute approximate surface area is 241 Å².